The molecule has 0 aliphatic heterocycles. The lowest BCUT2D eigenvalue weighted by atomic mass is 10.2. The van der Waals surface area contributed by atoms with Gasteiger partial charge in [-0.3, -0.25) is 4.98 Å². The SMILES string of the molecule is C[C@H](O)c1ccc(Sc2ccc(S(C)(=O)=O)cc2)cn1. The molecule has 0 fully saturated rings. The van der Waals surface area contributed by atoms with Crippen molar-refractivity contribution in [3.05, 3.63) is 48.3 Å². The highest BCUT2D eigenvalue weighted by Crippen LogP contribution is 2.28. The molecular weight excluding hydrogens is 294 g/mol. The van der Waals surface area contributed by atoms with Crippen LogP contribution in [0.4, 0.5) is 0 Å². The Hall–Kier alpha value is -1.37. The van der Waals surface area contributed by atoms with Crippen LogP contribution in [0, 0.1) is 0 Å². The minimum atomic E-state index is -3.16. The molecule has 1 aromatic heterocycles. The van der Waals surface area contributed by atoms with Crippen LogP contribution in [0.1, 0.15) is 18.7 Å². The summed E-state index contributed by atoms with van der Waals surface area (Å²) in [6.07, 6.45) is 2.30. The average Bonchev–Trinajstić information content (AvgIpc) is 2.39. The molecule has 0 unspecified atom stereocenters. The third-order valence-electron chi connectivity index (χ3n) is 2.67. The monoisotopic (exact) mass is 309 g/mol. The first-order valence-electron chi connectivity index (χ1n) is 5.98. The fourth-order valence-electron chi connectivity index (χ4n) is 1.59. The van der Waals surface area contributed by atoms with Gasteiger partial charge in [0, 0.05) is 22.2 Å². The van der Waals surface area contributed by atoms with Crippen molar-refractivity contribution in [2.45, 2.75) is 27.7 Å². The second kappa shape index (κ2) is 5.95. The quantitative estimate of drug-likeness (QED) is 0.940. The van der Waals surface area contributed by atoms with Crippen molar-refractivity contribution < 1.29 is 13.5 Å². The van der Waals surface area contributed by atoms with Crippen molar-refractivity contribution in [3.8, 4) is 0 Å². The molecule has 1 aromatic carbocycles. The standard InChI is InChI=1S/C14H15NO3S2/c1-10(16)14-8-5-12(9-15-14)19-11-3-6-13(7-4-11)20(2,17)18/h3-10,16H,1-2H3/t10-/m0/s1. The number of nitrogens with zero attached hydrogens (tertiary/aromatic N) is 1. The van der Waals surface area contributed by atoms with Crippen molar-refractivity contribution in [3.63, 3.8) is 0 Å². The molecule has 20 heavy (non-hydrogen) atoms. The highest BCUT2D eigenvalue weighted by atomic mass is 32.2. The Morgan fingerprint density at radius 3 is 2.15 bits per heavy atom. The molecule has 1 heterocycles. The second-order valence-electron chi connectivity index (χ2n) is 4.44. The number of aliphatic hydroxyl groups excluding tert-OH is 1. The van der Waals surface area contributed by atoms with Gasteiger partial charge in [0.05, 0.1) is 16.7 Å². The van der Waals surface area contributed by atoms with E-state index in [4.69, 9.17) is 0 Å². The zero-order chi connectivity index (χ0) is 14.8. The Bertz CT molecular complexity index is 677. The first-order chi connectivity index (χ1) is 9.36. The lowest BCUT2D eigenvalue weighted by Gasteiger charge is -2.06. The third-order valence-corrected chi connectivity index (χ3v) is 4.79. The molecule has 1 N–H and O–H groups in total. The molecule has 0 aliphatic rings. The van der Waals surface area contributed by atoms with E-state index in [1.54, 1.807) is 43.5 Å². The van der Waals surface area contributed by atoms with Crippen LogP contribution < -0.4 is 0 Å². The van der Waals surface area contributed by atoms with Crippen LogP contribution in [0.15, 0.2) is 57.3 Å². The maximum Gasteiger partial charge on any atom is 0.175 e. The van der Waals surface area contributed by atoms with Gasteiger partial charge in [-0.15, -0.1) is 0 Å². The van der Waals surface area contributed by atoms with Gasteiger partial charge in [-0.05, 0) is 43.3 Å². The molecule has 106 valence electrons. The number of aromatic nitrogens is 1. The molecule has 1 atom stereocenters. The summed E-state index contributed by atoms with van der Waals surface area (Å²) in [6, 6.07) is 10.4. The van der Waals surface area contributed by atoms with E-state index in [2.05, 4.69) is 4.98 Å². The van der Waals surface area contributed by atoms with Gasteiger partial charge in [0.1, 0.15) is 0 Å². The zero-order valence-electron chi connectivity index (χ0n) is 11.1. The summed E-state index contributed by atoms with van der Waals surface area (Å²) >= 11 is 1.49. The van der Waals surface area contributed by atoms with Gasteiger partial charge in [-0.1, -0.05) is 11.8 Å². The maximum absolute atomic E-state index is 11.4. The fraction of sp³-hybridized carbons (Fsp3) is 0.214. The molecule has 0 saturated heterocycles. The summed E-state index contributed by atoms with van der Waals surface area (Å²) < 4.78 is 22.7. The van der Waals surface area contributed by atoms with Crippen molar-refractivity contribution in [1.82, 2.24) is 4.98 Å². The number of rotatable bonds is 4. The van der Waals surface area contributed by atoms with Crippen molar-refractivity contribution in [1.29, 1.82) is 0 Å². The smallest absolute Gasteiger partial charge is 0.175 e. The number of hydrogen-bond donors (Lipinski definition) is 1. The van der Waals surface area contributed by atoms with E-state index in [1.165, 1.54) is 18.0 Å². The summed E-state index contributed by atoms with van der Waals surface area (Å²) in [7, 11) is -3.16. The van der Waals surface area contributed by atoms with Gasteiger partial charge in [0.15, 0.2) is 9.84 Å². The van der Waals surface area contributed by atoms with Crippen molar-refractivity contribution in [2.24, 2.45) is 0 Å². The van der Waals surface area contributed by atoms with Crippen LogP contribution in [-0.2, 0) is 9.84 Å². The Labute approximate surface area is 122 Å². The molecule has 6 heteroatoms. The Morgan fingerprint density at radius 2 is 1.70 bits per heavy atom. The van der Waals surface area contributed by atoms with Gasteiger partial charge >= 0.3 is 0 Å². The first-order valence-corrected chi connectivity index (χ1v) is 8.69. The van der Waals surface area contributed by atoms with Gasteiger partial charge in [-0.2, -0.15) is 0 Å². The molecular formula is C14H15NO3S2. The maximum atomic E-state index is 11.4. The average molecular weight is 309 g/mol. The summed E-state index contributed by atoms with van der Waals surface area (Å²) in [4.78, 5) is 6.34. The van der Waals surface area contributed by atoms with E-state index < -0.39 is 15.9 Å². The molecule has 2 rings (SSSR count). The normalized spacial score (nSPS) is 13.2. The molecule has 0 radical (unpaired) electrons. The van der Waals surface area contributed by atoms with E-state index in [0.29, 0.717) is 10.6 Å². The summed E-state index contributed by atoms with van der Waals surface area (Å²) in [6.45, 7) is 1.67. The minimum Gasteiger partial charge on any atom is -0.387 e. The van der Waals surface area contributed by atoms with E-state index in [0.717, 1.165) is 9.79 Å². The Morgan fingerprint density at radius 1 is 1.10 bits per heavy atom. The van der Waals surface area contributed by atoms with E-state index in [9.17, 15) is 13.5 Å². The Balaban J connectivity index is 2.14. The molecule has 2 aromatic rings. The van der Waals surface area contributed by atoms with Crippen LogP contribution in [0.5, 0.6) is 0 Å². The molecule has 0 aliphatic carbocycles. The van der Waals surface area contributed by atoms with E-state index in [-0.39, 0.29) is 0 Å². The predicted molar refractivity (Wildman–Crippen MR) is 78.5 cm³/mol. The largest absolute Gasteiger partial charge is 0.387 e. The van der Waals surface area contributed by atoms with Gasteiger partial charge < -0.3 is 5.11 Å². The first kappa shape index (κ1) is 15.0. The van der Waals surface area contributed by atoms with E-state index >= 15 is 0 Å². The van der Waals surface area contributed by atoms with Crippen LogP contribution >= 0.6 is 11.8 Å². The summed E-state index contributed by atoms with van der Waals surface area (Å²) in [5.41, 5.74) is 0.627. The Kier molecular flexibility index (Phi) is 4.47. The summed E-state index contributed by atoms with van der Waals surface area (Å²) in [5, 5.41) is 9.38. The number of hydrogen-bond acceptors (Lipinski definition) is 5. The lowest BCUT2D eigenvalue weighted by molar-refractivity contribution is 0.194. The zero-order valence-corrected chi connectivity index (χ0v) is 12.8. The van der Waals surface area contributed by atoms with Gasteiger partial charge in [0.2, 0.25) is 0 Å². The van der Waals surface area contributed by atoms with E-state index in [1.807, 2.05) is 6.07 Å². The second-order valence-corrected chi connectivity index (χ2v) is 7.60. The number of pyridine rings is 1. The van der Waals surface area contributed by atoms with Crippen LogP contribution in [0.25, 0.3) is 0 Å². The van der Waals surface area contributed by atoms with Crippen LogP contribution in [0.2, 0.25) is 0 Å². The van der Waals surface area contributed by atoms with Crippen LogP contribution in [0.3, 0.4) is 0 Å². The minimum absolute atomic E-state index is 0.310. The van der Waals surface area contributed by atoms with Gasteiger partial charge in [0.25, 0.3) is 0 Å². The number of aliphatic hydroxyl groups is 1. The predicted octanol–water partition coefficient (Wildman–Crippen LogP) is 2.69. The van der Waals surface area contributed by atoms with Crippen LogP contribution in [-0.4, -0.2) is 24.8 Å². The molecule has 4 nitrogen and oxygen atoms in total. The molecule has 0 amide bonds. The molecule has 0 spiro atoms. The van der Waals surface area contributed by atoms with Crippen molar-refractivity contribution >= 4 is 21.6 Å². The lowest BCUT2D eigenvalue weighted by Crippen LogP contribution is -1.96. The number of sulfone groups is 1. The van der Waals surface area contributed by atoms with Gasteiger partial charge in [-0.25, -0.2) is 8.42 Å². The molecule has 0 bridgehead atoms. The highest BCUT2D eigenvalue weighted by Gasteiger charge is 2.07. The summed E-state index contributed by atoms with van der Waals surface area (Å²) in [5.74, 6) is 0. The molecule has 0 saturated carbocycles. The fourth-order valence-corrected chi connectivity index (χ4v) is 3.01. The van der Waals surface area contributed by atoms with Crippen molar-refractivity contribution in [2.75, 3.05) is 6.26 Å². The topological polar surface area (TPSA) is 67.3 Å². The third kappa shape index (κ3) is 3.82. The number of benzene rings is 1. The highest BCUT2D eigenvalue weighted by molar-refractivity contribution is 7.99.